The third kappa shape index (κ3) is 42.1. The van der Waals surface area contributed by atoms with Gasteiger partial charge in [0.15, 0.2) is 6.29 Å². The highest BCUT2D eigenvalue weighted by molar-refractivity contribution is 5.69. The molecule has 366 valence electrons. The Bertz CT molecular complexity index is 970. The van der Waals surface area contributed by atoms with Crippen LogP contribution >= 0.6 is 0 Å². The average Bonchev–Trinajstić information content (AvgIpc) is 3.29. The molecule has 8 heteroatoms. The van der Waals surface area contributed by atoms with Gasteiger partial charge in [-0.2, -0.15) is 0 Å². The van der Waals surface area contributed by atoms with Gasteiger partial charge < -0.3 is 28.6 Å². The number of terminal acetylenes is 1. The lowest BCUT2D eigenvalue weighted by molar-refractivity contribution is -0.160. The molecule has 0 unspecified atom stereocenters. The van der Waals surface area contributed by atoms with Crippen molar-refractivity contribution in [3.63, 3.8) is 0 Å². The summed E-state index contributed by atoms with van der Waals surface area (Å²) in [6.45, 7) is 23.1. The molecule has 1 rings (SSSR count). The third-order valence-electron chi connectivity index (χ3n) is 11.9. The molecule has 0 amide bonds. The second-order valence-corrected chi connectivity index (χ2v) is 17.3. The van der Waals surface area contributed by atoms with E-state index in [1.165, 1.54) is 134 Å². The van der Waals surface area contributed by atoms with E-state index in [4.69, 9.17) is 23.7 Å². The van der Waals surface area contributed by atoms with Crippen LogP contribution in [-0.2, 0) is 33.3 Å². The van der Waals surface area contributed by atoms with Gasteiger partial charge in [0, 0.05) is 39.3 Å². The summed E-state index contributed by atoms with van der Waals surface area (Å²) in [5, 5.41) is 0. The number of esters is 2. The van der Waals surface area contributed by atoms with Crippen molar-refractivity contribution in [3.05, 3.63) is 12.7 Å². The second kappa shape index (κ2) is 50.1. The number of carbonyl (C=O) groups is 2. The molecule has 1 aliphatic rings. The van der Waals surface area contributed by atoms with Crippen molar-refractivity contribution in [1.29, 1.82) is 0 Å². The Morgan fingerprint density at radius 2 is 0.968 bits per heavy atom. The smallest absolute Gasteiger partial charge is 0.305 e. The highest BCUT2D eigenvalue weighted by Gasteiger charge is 2.34. The van der Waals surface area contributed by atoms with Gasteiger partial charge in [-0.05, 0) is 88.9 Å². The molecule has 0 aromatic carbocycles. The highest BCUT2D eigenvalue weighted by Crippen LogP contribution is 2.39. The largest absolute Gasteiger partial charge is 0.466 e. The molecule has 8 nitrogen and oxygen atoms in total. The summed E-state index contributed by atoms with van der Waals surface area (Å²) in [5.41, 5.74) is 0.0186. The van der Waals surface area contributed by atoms with E-state index in [1.54, 1.807) is 0 Å². The van der Waals surface area contributed by atoms with E-state index in [2.05, 4.69) is 51.5 Å². The van der Waals surface area contributed by atoms with Crippen LogP contribution in [0.3, 0.4) is 0 Å². The zero-order chi connectivity index (χ0) is 46.0. The van der Waals surface area contributed by atoms with Crippen LogP contribution in [0.1, 0.15) is 241 Å². The van der Waals surface area contributed by atoms with Gasteiger partial charge in [0.2, 0.25) is 0 Å². The van der Waals surface area contributed by atoms with Gasteiger partial charge in [-0.1, -0.05) is 176 Å². The maximum atomic E-state index is 13.0. The number of allylic oxidation sites excluding steroid dienone is 1. The maximum Gasteiger partial charge on any atom is 0.305 e. The molecule has 0 saturated carbocycles. The van der Waals surface area contributed by atoms with E-state index in [1.807, 2.05) is 13.8 Å². The summed E-state index contributed by atoms with van der Waals surface area (Å²) in [5.74, 6) is 1.88. The first-order chi connectivity index (χ1) is 30.4. The first-order valence-corrected chi connectivity index (χ1v) is 26.3. The number of hydrogen-bond acceptors (Lipinski definition) is 8. The number of carbonyl (C=O) groups excluding carboxylic acids is 2. The van der Waals surface area contributed by atoms with Gasteiger partial charge in [-0.25, -0.2) is 0 Å². The molecule has 0 atom stereocenters. The summed E-state index contributed by atoms with van der Waals surface area (Å²) in [6, 6.07) is 0. The van der Waals surface area contributed by atoms with Crippen LogP contribution in [0.25, 0.3) is 0 Å². The molecule has 0 aromatic heterocycles. The molecule has 62 heavy (non-hydrogen) atoms. The monoisotopic (exact) mass is 878 g/mol. The van der Waals surface area contributed by atoms with Gasteiger partial charge in [0.05, 0.1) is 19.6 Å². The first kappa shape index (κ1) is 62.2. The number of piperidine rings is 1. The number of unbranched alkanes of at least 4 members (excludes halogenated alkanes) is 19. The van der Waals surface area contributed by atoms with Crippen LogP contribution in [-0.4, -0.2) is 82.4 Å². The van der Waals surface area contributed by atoms with E-state index >= 15 is 0 Å². The Balaban J connectivity index is 0. The maximum absolute atomic E-state index is 13.0. The Hall–Kier alpha value is -1.92. The number of likely N-dealkylation sites (tertiary alicyclic amines) is 1. The fraction of sp³-hybridized carbons (Fsp3) is 0.889. The van der Waals surface area contributed by atoms with Crippen LogP contribution in [0, 0.1) is 17.8 Å². The highest BCUT2D eigenvalue weighted by atomic mass is 16.7. The van der Waals surface area contributed by atoms with E-state index in [0.29, 0.717) is 58.7 Å². The molecule has 0 aromatic rings. The van der Waals surface area contributed by atoms with Crippen molar-refractivity contribution < 1.29 is 33.3 Å². The van der Waals surface area contributed by atoms with Crippen molar-refractivity contribution in [1.82, 2.24) is 4.90 Å². The quantitative estimate of drug-likeness (QED) is 0.0259. The minimum Gasteiger partial charge on any atom is -0.466 e. The molecular formula is C54H103NO7. The summed E-state index contributed by atoms with van der Waals surface area (Å²) in [6.07, 6.45) is 40.1. The zero-order valence-electron chi connectivity index (χ0n) is 42.0. The SMILES string of the molecule is C#CC=C.CC.CCCCCCCCCOCCCC(=O)OCCC1(CCOC(=O)CCC(OCCCCCCCCC)OCCCCCCCCC)CCN(CCCC)CC1. The molecule has 1 aliphatic heterocycles. The van der Waals surface area contributed by atoms with Crippen LogP contribution in [0.5, 0.6) is 0 Å². The lowest BCUT2D eigenvalue weighted by Crippen LogP contribution is -2.41. The predicted molar refractivity (Wildman–Crippen MR) is 264 cm³/mol. The Labute approximate surface area is 385 Å². The van der Waals surface area contributed by atoms with E-state index in [-0.39, 0.29) is 23.6 Å². The molecule has 0 radical (unpaired) electrons. The summed E-state index contributed by atoms with van der Waals surface area (Å²) in [7, 11) is 0. The van der Waals surface area contributed by atoms with E-state index < -0.39 is 0 Å². The van der Waals surface area contributed by atoms with Crippen molar-refractivity contribution in [2.45, 2.75) is 247 Å². The van der Waals surface area contributed by atoms with Gasteiger partial charge in [-0.15, -0.1) is 6.42 Å². The number of rotatable bonds is 42. The fourth-order valence-corrected chi connectivity index (χ4v) is 7.75. The van der Waals surface area contributed by atoms with Crippen molar-refractivity contribution in [3.8, 4) is 12.3 Å². The normalized spacial score (nSPS) is 13.4. The van der Waals surface area contributed by atoms with Gasteiger partial charge in [0.1, 0.15) is 0 Å². The molecule has 0 aliphatic carbocycles. The summed E-state index contributed by atoms with van der Waals surface area (Å²) in [4.78, 5) is 28.1. The summed E-state index contributed by atoms with van der Waals surface area (Å²) >= 11 is 0. The molecule has 1 heterocycles. The molecule has 0 N–H and O–H groups in total. The van der Waals surface area contributed by atoms with Crippen LogP contribution in [0.15, 0.2) is 12.7 Å². The van der Waals surface area contributed by atoms with Crippen LogP contribution in [0.2, 0.25) is 0 Å². The van der Waals surface area contributed by atoms with Gasteiger partial charge in [-0.3, -0.25) is 9.59 Å². The minimum atomic E-state index is -0.354. The molecule has 0 bridgehead atoms. The Morgan fingerprint density at radius 3 is 1.40 bits per heavy atom. The van der Waals surface area contributed by atoms with E-state index in [9.17, 15) is 9.59 Å². The topological polar surface area (TPSA) is 83.5 Å². The lowest BCUT2D eigenvalue weighted by atomic mass is 9.73. The van der Waals surface area contributed by atoms with Crippen molar-refractivity contribution in [2.24, 2.45) is 5.41 Å². The lowest BCUT2D eigenvalue weighted by Gasteiger charge is -2.42. The van der Waals surface area contributed by atoms with Gasteiger partial charge in [0.25, 0.3) is 0 Å². The van der Waals surface area contributed by atoms with Crippen LogP contribution in [0.4, 0.5) is 0 Å². The van der Waals surface area contributed by atoms with Crippen molar-refractivity contribution in [2.75, 3.05) is 59.3 Å². The molecular weight excluding hydrogens is 775 g/mol. The number of hydrogen-bond donors (Lipinski definition) is 0. The second-order valence-electron chi connectivity index (χ2n) is 17.3. The third-order valence-corrected chi connectivity index (χ3v) is 11.9. The Kier molecular flexibility index (Phi) is 50.2. The zero-order valence-corrected chi connectivity index (χ0v) is 42.0. The first-order valence-electron chi connectivity index (χ1n) is 26.3. The average molecular weight is 878 g/mol. The Morgan fingerprint density at radius 1 is 0.581 bits per heavy atom. The predicted octanol–water partition coefficient (Wildman–Crippen LogP) is 14.8. The van der Waals surface area contributed by atoms with Crippen molar-refractivity contribution >= 4 is 11.9 Å². The summed E-state index contributed by atoms with van der Waals surface area (Å²) < 4.78 is 29.7. The minimum absolute atomic E-state index is 0.0186. The number of nitrogens with zero attached hydrogens (tertiary/aromatic N) is 1. The number of ether oxygens (including phenoxy) is 5. The molecule has 0 spiro atoms. The van der Waals surface area contributed by atoms with Crippen LogP contribution < -0.4 is 0 Å². The van der Waals surface area contributed by atoms with E-state index in [0.717, 1.165) is 71.2 Å². The molecule has 1 saturated heterocycles. The fourth-order valence-electron chi connectivity index (χ4n) is 7.75. The molecule has 1 fully saturated rings. The van der Waals surface area contributed by atoms with Gasteiger partial charge >= 0.3 is 11.9 Å². The standard InChI is InChI=1S/C48H93NO7.C4H4.C2H6/c1-5-9-13-16-19-22-25-39-52-40-28-29-45(50)53-43-34-48(32-37-49(38-33-48)36-12-8-4)35-44-54-46(51)30-31-47(55-41-26-23-20-17-14-10-6-2)56-42-27-24-21-18-15-11-7-3;1-3-4-2;1-2/h47H,5-44H2,1-4H3;1,4H,2H2;1-2H3.